The number of carbonyl (C=O) groups is 1. The van der Waals surface area contributed by atoms with Gasteiger partial charge in [0.25, 0.3) is 1.43 Å². The normalized spacial score (nSPS) is 12.0. The van der Waals surface area contributed by atoms with Crippen molar-refractivity contribution in [3.63, 3.8) is 0 Å². The molecule has 4 nitrogen and oxygen atoms in total. The predicted molar refractivity (Wildman–Crippen MR) is 30.0 cm³/mol. The number of ether oxygens (including phenoxy) is 1. The molecule has 0 atom stereocenters. The fourth-order valence-corrected chi connectivity index (χ4v) is 0.246. The smallest absolute Gasteiger partial charge is 0.310 e. The Morgan fingerprint density at radius 2 is 2.67 bits per heavy atom. The van der Waals surface area contributed by atoms with E-state index in [-0.39, 0.29) is 13.0 Å². The Kier molecular flexibility index (Phi) is 3.27. The van der Waals surface area contributed by atoms with E-state index in [1.54, 1.807) is 0 Å². The van der Waals surface area contributed by atoms with Crippen LogP contribution in [0.2, 0.25) is 0 Å². The molecule has 0 rings (SSSR count). The highest BCUT2D eigenvalue weighted by Crippen LogP contribution is 1.83. The number of carbonyl (C=O) groups excluding carboxylic acids is 1. The first-order valence-electron chi connectivity index (χ1n) is 2.79. The fraction of sp³-hybridized carbons (Fsp3) is 0.400. The number of aliphatic hydroxyl groups excluding tert-OH is 1. The first-order valence-corrected chi connectivity index (χ1v) is 2.38. The summed E-state index contributed by atoms with van der Waals surface area (Å²) in [6.45, 7) is 0.178. The van der Waals surface area contributed by atoms with Crippen molar-refractivity contribution in [2.24, 2.45) is 0 Å². The van der Waals surface area contributed by atoms with Gasteiger partial charge in [0.1, 0.15) is 6.29 Å². The molecule has 0 aliphatic heterocycles. The SMILES string of the molecule is [2H]O/C(O)=C/OCCC=O. The van der Waals surface area contributed by atoms with Gasteiger partial charge in [0.2, 0.25) is 0 Å². The highest BCUT2D eigenvalue weighted by atomic mass is 16.5. The maximum atomic E-state index is 9.69. The van der Waals surface area contributed by atoms with Crippen LogP contribution in [-0.2, 0) is 9.53 Å². The summed E-state index contributed by atoms with van der Waals surface area (Å²) in [7, 11) is 0. The topological polar surface area (TPSA) is 66.8 Å². The maximum absolute atomic E-state index is 9.69. The van der Waals surface area contributed by atoms with Crippen LogP contribution in [0.4, 0.5) is 0 Å². The lowest BCUT2D eigenvalue weighted by molar-refractivity contribution is -0.108. The van der Waals surface area contributed by atoms with Crippen LogP contribution in [0.15, 0.2) is 12.2 Å². The second-order valence-corrected chi connectivity index (χ2v) is 1.28. The highest BCUT2D eigenvalue weighted by Gasteiger charge is 1.83. The molecule has 0 aliphatic carbocycles. The molecule has 0 spiro atoms. The number of rotatable bonds is 5. The average Bonchev–Trinajstić information content (AvgIpc) is 1.98. The third-order valence-corrected chi connectivity index (χ3v) is 0.538. The second kappa shape index (κ2) is 4.96. The molecule has 0 fully saturated rings. The monoisotopic (exact) mass is 133 g/mol. The molecule has 2 N–H and O–H groups in total. The van der Waals surface area contributed by atoms with Crippen molar-refractivity contribution >= 4 is 6.29 Å². The molecule has 4 heteroatoms. The van der Waals surface area contributed by atoms with Gasteiger partial charge in [0.15, 0.2) is 6.26 Å². The van der Waals surface area contributed by atoms with Crippen LogP contribution in [0.1, 0.15) is 6.42 Å². The molecule has 0 saturated heterocycles. The van der Waals surface area contributed by atoms with Crippen molar-refractivity contribution in [2.45, 2.75) is 6.42 Å². The molecule has 0 aromatic heterocycles. The quantitative estimate of drug-likeness (QED) is 0.325. The Bertz CT molecular complexity index is 123. The summed E-state index contributed by atoms with van der Waals surface area (Å²) in [6.07, 6.45) is 1.80. The van der Waals surface area contributed by atoms with Crippen LogP contribution in [0, 0.1) is 0 Å². The summed E-state index contributed by atoms with van der Waals surface area (Å²) < 4.78 is 10.7. The summed E-state index contributed by atoms with van der Waals surface area (Å²) >= 11 is 0. The van der Waals surface area contributed by atoms with Crippen LogP contribution >= 0.6 is 0 Å². The van der Waals surface area contributed by atoms with Crippen LogP contribution in [0.25, 0.3) is 1.43 Å². The summed E-state index contributed by atoms with van der Waals surface area (Å²) in [5.74, 6) is -0.633. The van der Waals surface area contributed by atoms with Gasteiger partial charge in [-0.2, -0.15) is 0 Å². The average molecular weight is 133 g/mol. The van der Waals surface area contributed by atoms with E-state index >= 15 is 0 Å². The molecule has 0 aliphatic rings. The van der Waals surface area contributed by atoms with E-state index in [2.05, 4.69) is 9.85 Å². The lowest BCUT2D eigenvalue weighted by atomic mass is 10.5. The molecule has 0 aromatic rings. The van der Waals surface area contributed by atoms with E-state index in [4.69, 9.17) is 6.54 Å². The first-order chi connectivity index (χ1) is 4.81. The fourth-order valence-electron chi connectivity index (χ4n) is 0.246. The molecule has 0 aromatic carbocycles. The van der Waals surface area contributed by atoms with E-state index in [1.165, 1.54) is 0 Å². The van der Waals surface area contributed by atoms with Gasteiger partial charge < -0.3 is 19.7 Å². The van der Waals surface area contributed by atoms with Crippen molar-refractivity contribution in [2.75, 3.05) is 6.61 Å². The third kappa shape index (κ3) is 6.81. The molecule has 0 heterocycles. The standard InChI is InChI=1S/C5H8O4/c6-2-1-3-9-4-5(7)8/h2,4,7-8H,1,3H2/i/hD. The molecule has 52 valence electrons. The Balaban J connectivity index is 3.24. The Hall–Kier alpha value is -1.19. The summed E-state index contributed by atoms with van der Waals surface area (Å²) in [5, 5.41) is 12.0. The number of hydrogen-bond acceptors (Lipinski definition) is 4. The van der Waals surface area contributed by atoms with Gasteiger partial charge in [-0.15, -0.1) is 0 Å². The van der Waals surface area contributed by atoms with Gasteiger partial charge in [-0.05, 0) is 0 Å². The van der Waals surface area contributed by atoms with Gasteiger partial charge in [0, 0.05) is 6.42 Å². The van der Waals surface area contributed by atoms with Gasteiger partial charge in [-0.25, -0.2) is 0 Å². The maximum Gasteiger partial charge on any atom is 0.310 e. The van der Waals surface area contributed by atoms with Crippen molar-refractivity contribution in [3.8, 4) is 0 Å². The van der Waals surface area contributed by atoms with E-state index in [0.717, 1.165) is 6.26 Å². The molecular formula is C5H8O4. The highest BCUT2D eigenvalue weighted by molar-refractivity contribution is 5.49. The third-order valence-electron chi connectivity index (χ3n) is 0.538. The second-order valence-electron chi connectivity index (χ2n) is 1.28. The van der Waals surface area contributed by atoms with Crippen molar-refractivity contribution in [1.82, 2.24) is 0 Å². The van der Waals surface area contributed by atoms with Gasteiger partial charge in [-0.3, -0.25) is 0 Å². The van der Waals surface area contributed by atoms with Crippen LogP contribution in [0.5, 0.6) is 0 Å². The lowest BCUT2D eigenvalue weighted by Gasteiger charge is -1.93. The minimum atomic E-state index is -0.633. The zero-order chi connectivity index (χ0) is 7.82. The summed E-state index contributed by atoms with van der Waals surface area (Å²) in [4.78, 5) is 9.69. The Labute approximate surface area is 53.9 Å². The molecule has 0 amide bonds. The molecule has 9 heavy (non-hydrogen) atoms. The molecule has 0 radical (unpaired) electrons. The van der Waals surface area contributed by atoms with Crippen LogP contribution in [0.3, 0.4) is 0 Å². The van der Waals surface area contributed by atoms with Crippen LogP contribution < -0.4 is 0 Å². The van der Waals surface area contributed by atoms with Crippen molar-refractivity contribution in [1.29, 1.82) is 1.43 Å². The molecule has 0 saturated carbocycles. The minimum Gasteiger partial charge on any atom is -0.493 e. The summed E-state index contributed by atoms with van der Waals surface area (Å²) in [5.41, 5.74) is 0. The lowest BCUT2D eigenvalue weighted by Crippen LogP contribution is -1.89. The molecule has 0 bridgehead atoms. The summed E-state index contributed by atoms with van der Waals surface area (Å²) in [6, 6.07) is 0. The first kappa shape index (κ1) is 5.94. The largest absolute Gasteiger partial charge is 0.493 e. The predicted octanol–water partition coefficient (Wildman–Crippen LogP) is 0.507. The number of aliphatic hydroxyl groups is 2. The van der Waals surface area contributed by atoms with Crippen molar-refractivity contribution in [3.05, 3.63) is 12.2 Å². The van der Waals surface area contributed by atoms with Gasteiger partial charge in [0.05, 0.1) is 6.61 Å². The zero-order valence-corrected chi connectivity index (χ0v) is 4.74. The Morgan fingerprint density at radius 3 is 3.22 bits per heavy atom. The van der Waals surface area contributed by atoms with E-state index in [1.807, 2.05) is 0 Å². The number of hydrogen-bond donors (Lipinski definition) is 2. The Morgan fingerprint density at radius 1 is 1.89 bits per heavy atom. The van der Waals surface area contributed by atoms with Gasteiger partial charge >= 0.3 is 5.95 Å². The van der Waals surface area contributed by atoms with Gasteiger partial charge in [-0.1, -0.05) is 0 Å². The van der Waals surface area contributed by atoms with Crippen LogP contribution in [-0.4, -0.2) is 23.1 Å². The van der Waals surface area contributed by atoms with Crippen molar-refractivity contribution < 1.29 is 19.7 Å². The molecular weight excluding hydrogens is 124 g/mol. The zero-order valence-electron chi connectivity index (χ0n) is 5.74. The van der Waals surface area contributed by atoms with E-state index in [9.17, 15) is 4.79 Å². The van der Waals surface area contributed by atoms with E-state index in [0.29, 0.717) is 6.29 Å². The number of aldehydes is 1. The molecule has 0 unspecified atom stereocenters. The van der Waals surface area contributed by atoms with E-state index < -0.39 is 5.95 Å². The minimum absolute atomic E-state index is 0.178.